The molecule has 0 atom stereocenters. The van der Waals surface area contributed by atoms with Crippen molar-refractivity contribution in [2.45, 2.75) is 0 Å². The molecule has 0 aliphatic heterocycles. The first kappa shape index (κ1) is 49.8. The Morgan fingerprint density at radius 3 is 0.281 bits per heavy atom. The second kappa shape index (κ2) is 48.8. The molecule has 0 saturated carbocycles. The zero-order valence-electron chi connectivity index (χ0n) is 32.0. The predicted octanol–water partition coefficient (Wildman–Crippen LogP) is 0.245. The minimum absolute atomic E-state index is 1.62. The van der Waals surface area contributed by atoms with Crippen LogP contribution in [0.15, 0.2) is 0 Å². The first-order valence-electron chi connectivity index (χ1n) is 15.8. The summed E-state index contributed by atoms with van der Waals surface area (Å²) < 4.78 is 0. The van der Waals surface area contributed by atoms with Gasteiger partial charge < -0.3 is 0 Å². The molecule has 0 heterocycles. The second-order valence-electron chi connectivity index (χ2n) is 7.76. The molecule has 0 spiro atoms. The molecule has 0 N–H and O–H groups in total. The lowest BCUT2D eigenvalue weighted by atomic mass is 10.4. The summed E-state index contributed by atoms with van der Waals surface area (Å²) in [5, 5.41) is 8.20. The molecule has 258 valence electrons. The first-order valence-corrected chi connectivity index (χ1v) is 15.8. The molecule has 0 saturated heterocycles. The second-order valence-corrected chi connectivity index (χ2v) is 7.76. The van der Waals surface area contributed by atoms with Crippen LogP contribution in [-0.4, -0.2) is 0 Å². The molecule has 0 aliphatic rings. The van der Waals surface area contributed by atoms with Crippen molar-refractivity contribution < 1.29 is 0 Å². The van der Waals surface area contributed by atoms with Gasteiger partial charge in [-0.15, -0.1) is 6.42 Å². The van der Waals surface area contributed by atoms with Crippen molar-refractivity contribution in [3.8, 4) is 374 Å². The van der Waals surface area contributed by atoms with Crippen LogP contribution in [0.5, 0.6) is 0 Å². The monoisotopic (exact) mass is 771 g/mol. The van der Waals surface area contributed by atoms with Gasteiger partial charge in [0.1, 0.15) is 0 Å². The van der Waals surface area contributed by atoms with Gasteiger partial charge in [-0.3, -0.25) is 0 Å². The Morgan fingerprint density at radius 1 is 0.125 bits per heavy atom. The summed E-state index contributed by atoms with van der Waals surface area (Å²) >= 11 is 0. The Balaban J connectivity index is 4.59. The molecular weight excluding hydrogens is 771 g/mol. The molecule has 0 unspecified atom stereocenters. The lowest BCUT2D eigenvalue weighted by Crippen LogP contribution is -1.57. The van der Waals surface area contributed by atoms with Gasteiger partial charge in [0.05, 0.1) is 0 Å². The quantitative estimate of drug-likeness (QED) is 0.325. The first-order chi connectivity index (χ1) is 31.9. The maximum Gasteiger partial charge on any atom is 0.153 e. The largest absolute Gasteiger partial charge is 0.183 e. The van der Waals surface area contributed by atoms with E-state index >= 15 is 0 Å². The lowest BCUT2D eigenvalue weighted by molar-refractivity contribution is 1.55. The van der Waals surface area contributed by atoms with Crippen LogP contribution in [-0.2, 0) is 0 Å². The molecule has 0 aliphatic carbocycles. The van der Waals surface area contributed by atoms with Crippen LogP contribution in [0.25, 0.3) is 0 Å². The summed E-state index contributed by atoms with van der Waals surface area (Å²) in [6, 6.07) is 1.62. The number of hydrogen-bond donors (Lipinski definition) is 0. The van der Waals surface area contributed by atoms with Crippen molar-refractivity contribution in [2.75, 3.05) is 0 Å². The van der Waals surface area contributed by atoms with E-state index in [2.05, 4.69) is 361 Å². The van der Waals surface area contributed by atoms with E-state index in [9.17, 15) is 0 Å². The fourth-order valence-corrected chi connectivity index (χ4v) is 1.88. The molecule has 0 bridgehead atoms. The summed E-state index contributed by atoms with van der Waals surface area (Å²) in [6.45, 7) is 0. The van der Waals surface area contributed by atoms with Crippen molar-refractivity contribution >= 4 is 0 Å². The Hall–Kier alpha value is -14.2. The molecular formula is C63HN. The highest BCUT2D eigenvalue weighted by atomic mass is 14.2. The highest BCUT2D eigenvalue weighted by Gasteiger charge is 1.63. The van der Waals surface area contributed by atoms with Crippen molar-refractivity contribution in [1.29, 1.82) is 5.26 Å². The topological polar surface area (TPSA) is 23.8 Å². The minimum atomic E-state index is 1.62. The van der Waals surface area contributed by atoms with E-state index in [1.54, 1.807) is 6.07 Å². The van der Waals surface area contributed by atoms with Crippen molar-refractivity contribution in [1.82, 2.24) is 0 Å². The summed E-state index contributed by atoms with van der Waals surface area (Å²) in [4.78, 5) is 0. The third-order valence-corrected chi connectivity index (χ3v) is 3.82. The average molecular weight is 772 g/mol. The number of nitriles is 1. The molecule has 0 aromatic heterocycles. The Labute approximate surface area is 377 Å². The molecule has 0 amide bonds. The minimum Gasteiger partial charge on any atom is -0.183 e. The van der Waals surface area contributed by atoms with Crippen LogP contribution in [0.1, 0.15) is 0 Å². The number of nitrogens with zero attached hydrogens (tertiary/aromatic N) is 1. The zero-order chi connectivity index (χ0) is 45.8. The van der Waals surface area contributed by atoms with Gasteiger partial charge in [0.25, 0.3) is 0 Å². The maximum absolute atomic E-state index is 8.20. The zero-order valence-corrected chi connectivity index (χ0v) is 32.0. The molecule has 0 rings (SSSR count). The summed E-state index contributed by atoms with van der Waals surface area (Å²) in [7, 11) is 0. The Kier molecular flexibility index (Phi) is 38.0. The third-order valence-electron chi connectivity index (χ3n) is 3.82. The van der Waals surface area contributed by atoms with E-state index in [4.69, 9.17) is 11.7 Å². The van der Waals surface area contributed by atoms with E-state index in [0.717, 1.165) is 0 Å². The smallest absolute Gasteiger partial charge is 0.153 e. The predicted molar refractivity (Wildman–Crippen MR) is 248 cm³/mol. The van der Waals surface area contributed by atoms with Gasteiger partial charge >= 0.3 is 0 Å². The van der Waals surface area contributed by atoms with Gasteiger partial charge in [0, 0.05) is 314 Å². The van der Waals surface area contributed by atoms with Crippen LogP contribution in [0.2, 0.25) is 0 Å². The van der Waals surface area contributed by atoms with E-state index in [1.165, 1.54) is 0 Å². The number of terminal acetylenes is 1. The van der Waals surface area contributed by atoms with Crippen LogP contribution in [0.4, 0.5) is 0 Å². The normalized spacial score (nSPS) is 3.91. The van der Waals surface area contributed by atoms with Crippen LogP contribution in [0, 0.1) is 379 Å². The Morgan fingerprint density at radius 2 is 0.203 bits per heavy atom. The van der Waals surface area contributed by atoms with E-state index in [0.29, 0.717) is 0 Å². The van der Waals surface area contributed by atoms with Gasteiger partial charge in [-0.1, -0.05) is 0 Å². The highest BCUT2D eigenvalue weighted by molar-refractivity contribution is 5.52. The highest BCUT2D eigenvalue weighted by Crippen LogP contribution is 1.63. The standard InChI is InChI=1S/C63HN/c1-2-3-4-5-6-7-8-9-10-11-12-13-14-15-16-17-18-19-20-21-22-23-24-25-26-27-28-29-30-31-32-33-34-35-36-37-38-39-40-41-42-43-44-45-46-47-48-49-50-51-52-53-54-55-56-57-58-59-60-61-62-63-64/h1H. The summed E-state index contributed by atoms with van der Waals surface area (Å²) in [6.07, 6.45) is 4.94. The van der Waals surface area contributed by atoms with Crippen molar-refractivity contribution in [2.24, 2.45) is 0 Å². The fraction of sp³-hybridized carbons (Fsp3) is 0. The van der Waals surface area contributed by atoms with Gasteiger partial charge in [0.15, 0.2) is 6.07 Å². The van der Waals surface area contributed by atoms with Crippen LogP contribution in [0.3, 0.4) is 0 Å². The average Bonchev–Trinajstić information content (AvgIpc) is 3.31. The summed E-state index contributed by atoms with van der Waals surface area (Å²) in [5.74, 6) is 150. The van der Waals surface area contributed by atoms with Crippen molar-refractivity contribution in [3.63, 3.8) is 0 Å². The number of rotatable bonds is 0. The Bertz CT molecular complexity index is 3870. The molecule has 1 heteroatoms. The van der Waals surface area contributed by atoms with E-state index < -0.39 is 0 Å². The maximum atomic E-state index is 8.20. The van der Waals surface area contributed by atoms with Gasteiger partial charge in [0.2, 0.25) is 0 Å². The molecule has 1 nitrogen and oxygen atoms in total. The number of hydrogen-bond acceptors (Lipinski definition) is 1. The van der Waals surface area contributed by atoms with Crippen LogP contribution >= 0.6 is 0 Å². The lowest BCUT2D eigenvalue weighted by Gasteiger charge is -1.57. The third kappa shape index (κ3) is 47.8. The van der Waals surface area contributed by atoms with Crippen molar-refractivity contribution in [3.05, 3.63) is 0 Å². The summed E-state index contributed by atoms with van der Waals surface area (Å²) in [5.41, 5.74) is 0. The van der Waals surface area contributed by atoms with E-state index in [-0.39, 0.29) is 0 Å². The van der Waals surface area contributed by atoms with E-state index in [1.807, 2.05) is 0 Å². The van der Waals surface area contributed by atoms with Gasteiger partial charge in [-0.25, -0.2) is 0 Å². The molecule has 0 fully saturated rings. The van der Waals surface area contributed by atoms with Gasteiger partial charge in [-0.05, 0) is 47.4 Å². The van der Waals surface area contributed by atoms with Crippen LogP contribution < -0.4 is 0 Å². The molecule has 0 aromatic carbocycles. The molecule has 0 aromatic rings. The fourth-order valence-electron chi connectivity index (χ4n) is 1.88. The SMILES string of the molecule is C#CC#CC#CC#CC#CC#CC#CC#CC#CC#CC#CC#CC#CC#CC#CC#CC#CC#CC#CC#CC#CC#CC#CC#CC#CC#CC#CC#CC#CC#CC#CC#N. The van der Waals surface area contributed by atoms with Gasteiger partial charge in [-0.2, -0.15) is 5.26 Å². The molecule has 64 heavy (non-hydrogen) atoms. The molecule has 0 radical (unpaired) electrons.